The second kappa shape index (κ2) is 6.80. The number of imidazole rings is 1. The first kappa shape index (κ1) is 17.5. The highest BCUT2D eigenvalue weighted by Crippen LogP contribution is 2.33. The Balaban J connectivity index is 1.45. The fourth-order valence-electron chi connectivity index (χ4n) is 4.14. The van der Waals surface area contributed by atoms with Gasteiger partial charge in [0.25, 0.3) is 5.56 Å². The van der Waals surface area contributed by atoms with E-state index >= 15 is 0 Å². The number of benzene rings is 2. The Morgan fingerprint density at radius 2 is 1.86 bits per heavy atom. The Labute approximate surface area is 166 Å². The van der Waals surface area contributed by atoms with Crippen molar-refractivity contribution in [2.75, 3.05) is 6.54 Å². The standard InChI is InChI=1S/C21H20N6O2/c1-25-17-10-5-4-9-16(17)22-20(25)18-11-6-12-26(18)19(28)13-27-21(29)14-7-2-3-8-15(14)23-24-27/h2-5,7-10,18H,6,11-13H2,1H3. The molecule has 0 spiro atoms. The van der Waals surface area contributed by atoms with E-state index in [0.717, 1.165) is 34.4 Å². The molecule has 4 aromatic rings. The molecule has 5 rings (SSSR count). The normalized spacial score (nSPS) is 16.7. The van der Waals surface area contributed by atoms with Crippen LogP contribution >= 0.6 is 0 Å². The highest BCUT2D eigenvalue weighted by atomic mass is 16.2. The topological polar surface area (TPSA) is 85.9 Å². The van der Waals surface area contributed by atoms with Crippen molar-refractivity contribution in [1.82, 2.24) is 29.4 Å². The number of para-hydroxylation sites is 2. The van der Waals surface area contributed by atoms with Crippen LogP contribution in [0.15, 0.2) is 53.3 Å². The Morgan fingerprint density at radius 1 is 1.10 bits per heavy atom. The summed E-state index contributed by atoms with van der Waals surface area (Å²) in [4.78, 5) is 32.3. The molecular weight excluding hydrogens is 368 g/mol. The quantitative estimate of drug-likeness (QED) is 0.536. The smallest absolute Gasteiger partial charge is 0.278 e. The van der Waals surface area contributed by atoms with Crippen molar-refractivity contribution in [2.24, 2.45) is 7.05 Å². The van der Waals surface area contributed by atoms with Gasteiger partial charge in [0.1, 0.15) is 17.9 Å². The molecule has 0 bridgehead atoms. The third-order valence-corrected chi connectivity index (χ3v) is 5.61. The third-order valence-electron chi connectivity index (χ3n) is 5.61. The zero-order valence-electron chi connectivity index (χ0n) is 16.0. The second-order valence-electron chi connectivity index (χ2n) is 7.33. The molecule has 0 saturated carbocycles. The Morgan fingerprint density at radius 3 is 2.69 bits per heavy atom. The first-order valence-corrected chi connectivity index (χ1v) is 9.67. The van der Waals surface area contributed by atoms with E-state index in [0.29, 0.717) is 17.4 Å². The van der Waals surface area contributed by atoms with Crippen LogP contribution in [0.5, 0.6) is 0 Å². The number of carbonyl (C=O) groups is 1. The zero-order chi connectivity index (χ0) is 20.0. The van der Waals surface area contributed by atoms with Crippen molar-refractivity contribution in [3.8, 4) is 0 Å². The van der Waals surface area contributed by atoms with Gasteiger partial charge in [0.05, 0.1) is 22.5 Å². The Hall–Kier alpha value is -3.55. The second-order valence-corrected chi connectivity index (χ2v) is 7.33. The molecule has 1 amide bonds. The highest BCUT2D eigenvalue weighted by molar-refractivity contribution is 5.79. The number of fused-ring (bicyclic) bond motifs is 2. The molecule has 146 valence electrons. The molecule has 1 atom stereocenters. The van der Waals surface area contributed by atoms with Crippen LogP contribution in [0.2, 0.25) is 0 Å². The number of aromatic nitrogens is 5. The summed E-state index contributed by atoms with van der Waals surface area (Å²) < 4.78 is 3.20. The lowest BCUT2D eigenvalue weighted by molar-refractivity contribution is -0.133. The molecule has 1 fully saturated rings. The summed E-state index contributed by atoms with van der Waals surface area (Å²) in [7, 11) is 1.98. The van der Waals surface area contributed by atoms with E-state index in [9.17, 15) is 9.59 Å². The number of carbonyl (C=O) groups excluding carboxylic acids is 1. The number of likely N-dealkylation sites (tertiary alicyclic amines) is 1. The van der Waals surface area contributed by atoms with Crippen LogP contribution in [0.1, 0.15) is 24.7 Å². The molecule has 1 aliphatic heterocycles. The fourth-order valence-corrected chi connectivity index (χ4v) is 4.14. The molecule has 0 aliphatic carbocycles. The molecule has 2 aromatic heterocycles. The largest absolute Gasteiger partial charge is 0.331 e. The highest BCUT2D eigenvalue weighted by Gasteiger charge is 2.33. The van der Waals surface area contributed by atoms with E-state index in [2.05, 4.69) is 10.3 Å². The average Bonchev–Trinajstić information content (AvgIpc) is 3.35. The molecule has 0 radical (unpaired) electrons. The molecule has 8 heteroatoms. The first-order chi connectivity index (χ1) is 14.1. The third kappa shape index (κ3) is 2.88. The van der Waals surface area contributed by atoms with Gasteiger partial charge in [0, 0.05) is 13.6 Å². The average molecular weight is 388 g/mol. The minimum atomic E-state index is -0.303. The number of aryl methyl sites for hydroxylation is 1. The van der Waals surface area contributed by atoms with Gasteiger partial charge in [0.2, 0.25) is 5.91 Å². The Kier molecular flexibility index (Phi) is 4.12. The van der Waals surface area contributed by atoms with E-state index < -0.39 is 0 Å². The van der Waals surface area contributed by atoms with Crippen LogP contribution in [-0.2, 0) is 18.4 Å². The van der Waals surface area contributed by atoms with Gasteiger partial charge in [-0.1, -0.05) is 29.5 Å². The number of hydrogen-bond donors (Lipinski definition) is 0. The summed E-state index contributed by atoms with van der Waals surface area (Å²) in [6.07, 6.45) is 1.75. The summed E-state index contributed by atoms with van der Waals surface area (Å²) in [6, 6.07) is 14.9. The van der Waals surface area contributed by atoms with E-state index in [4.69, 9.17) is 4.98 Å². The zero-order valence-corrected chi connectivity index (χ0v) is 16.0. The van der Waals surface area contributed by atoms with Gasteiger partial charge in [-0.15, -0.1) is 5.10 Å². The molecule has 8 nitrogen and oxygen atoms in total. The number of nitrogens with zero attached hydrogens (tertiary/aromatic N) is 6. The lowest BCUT2D eigenvalue weighted by atomic mass is 10.2. The van der Waals surface area contributed by atoms with Crippen LogP contribution in [0.4, 0.5) is 0 Å². The molecule has 0 N–H and O–H groups in total. The van der Waals surface area contributed by atoms with Crippen LogP contribution in [-0.4, -0.2) is 41.9 Å². The fraction of sp³-hybridized carbons (Fsp3) is 0.286. The van der Waals surface area contributed by atoms with E-state index in [1.165, 1.54) is 0 Å². The van der Waals surface area contributed by atoms with Crippen LogP contribution in [0.3, 0.4) is 0 Å². The summed E-state index contributed by atoms with van der Waals surface area (Å²) in [5, 5.41) is 8.48. The minimum Gasteiger partial charge on any atom is -0.331 e. The van der Waals surface area contributed by atoms with Gasteiger partial charge in [-0.3, -0.25) is 9.59 Å². The predicted molar refractivity (Wildman–Crippen MR) is 108 cm³/mol. The summed E-state index contributed by atoms with van der Waals surface area (Å²) in [5.74, 6) is 0.722. The van der Waals surface area contributed by atoms with E-state index in [-0.39, 0.29) is 24.1 Å². The van der Waals surface area contributed by atoms with Gasteiger partial charge in [-0.05, 0) is 37.1 Å². The maximum absolute atomic E-state index is 13.1. The number of amides is 1. The van der Waals surface area contributed by atoms with Gasteiger partial charge < -0.3 is 9.47 Å². The van der Waals surface area contributed by atoms with Crippen molar-refractivity contribution in [3.05, 3.63) is 64.7 Å². The lowest BCUT2D eigenvalue weighted by Crippen LogP contribution is -2.38. The molecule has 2 aromatic carbocycles. The molecule has 1 saturated heterocycles. The van der Waals surface area contributed by atoms with Crippen LogP contribution in [0, 0.1) is 0 Å². The summed E-state index contributed by atoms with van der Waals surface area (Å²) >= 11 is 0. The molecule has 1 unspecified atom stereocenters. The van der Waals surface area contributed by atoms with Crippen molar-refractivity contribution in [1.29, 1.82) is 0 Å². The summed E-state index contributed by atoms with van der Waals surface area (Å²) in [6.45, 7) is 0.513. The molecule has 1 aliphatic rings. The predicted octanol–water partition coefficient (Wildman–Crippen LogP) is 2.04. The van der Waals surface area contributed by atoms with Gasteiger partial charge >= 0.3 is 0 Å². The van der Waals surface area contributed by atoms with Crippen LogP contribution < -0.4 is 5.56 Å². The van der Waals surface area contributed by atoms with Crippen molar-refractivity contribution in [2.45, 2.75) is 25.4 Å². The summed E-state index contributed by atoms with van der Waals surface area (Å²) in [5.41, 5.74) is 2.18. The van der Waals surface area contributed by atoms with Crippen molar-refractivity contribution >= 4 is 27.8 Å². The van der Waals surface area contributed by atoms with Gasteiger partial charge in [-0.2, -0.15) is 0 Å². The molecule has 29 heavy (non-hydrogen) atoms. The van der Waals surface area contributed by atoms with Gasteiger partial charge in [0.15, 0.2) is 0 Å². The van der Waals surface area contributed by atoms with Crippen LogP contribution in [0.25, 0.3) is 21.9 Å². The minimum absolute atomic E-state index is 0.107. The first-order valence-electron chi connectivity index (χ1n) is 9.67. The monoisotopic (exact) mass is 388 g/mol. The van der Waals surface area contributed by atoms with Gasteiger partial charge in [-0.25, -0.2) is 9.67 Å². The van der Waals surface area contributed by atoms with Crippen molar-refractivity contribution < 1.29 is 4.79 Å². The SMILES string of the molecule is Cn1c(C2CCCN2C(=O)Cn2nnc3ccccc3c2=O)nc2ccccc21. The van der Waals surface area contributed by atoms with E-state index in [1.807, 2.05) is 40.8 Å². The number of hydrogen-bond acceptors (Lipinski definition) is 5. The molecular formula is C21H20N6O2. The van der Waals surface area contributed by atoms with E-state index in [1.54, 1.807) is 24.3 Å². The Bertz CT molecular complexity index is 1290. The van der Waals surface area contributed by atoms with Crippen molar-refractivity contribution in [3.63, 3.8) is 0 Å². The lowest BCUT2D eigenvalue weighted by Gasteiger charge is -2.24. The maximum atomic E-state index is 13.1. The maximum Gasteiger partial charge on any atom is 0.278 e. The number of rotatable bonds is 3. The molecule has 3 heterocycles.